The largest absolute Gasteiger partial charge is 0 e. The maximum Gasteiger partial charge on any atom is 0 e. The SMILES string of the molecule is [GaH3].[GaH3].[InH3].[InH3].[O]=[Zn].[Zn]. The molecular weight excluding hydrogens is 516 g/mol. The van der Waals surface area contributed by atoms with E-state index in [1.165, 1.54) is 0 Å². The molecule has 0 bridgehead atoms. The third-order valence-corrected chi connectivity index (χ3v) is 0. The molecule has 0 aromatic rings. The first-order chi connectivity index (χ1) is 1.00. The summed E-state index contributed by atoms with van der Waals surface area (Å²) in [7, 11) is 0. The fraction of sp³-hybridized carbons (Fsp3) is 0. The van der Waals surface area contributed by atoms with Gasteiger partial charge in [-0.05, 0) is 0 Å². The summed E-state index contributed by atoms with van der Waals surface area (Å²) in [5, 5.41) is 0. The Kier molecular flexibility index (Phi) is 313. The molecule has 0 aliphatic rings. The first kappa shape index (κ1) is 43.7. The Bertz CT molecular complexity index is 13.7. The first-order valence-corrected chi connectivity index (χ1v) is 1.50. The maximum atomic E-state index is 8.38. The maximum absolute atomic E-state index is 8.38. The van der Waals surface area contributed by atoms with Crippen LogP contribution in [0, 0.1) is 0 Å². The second kappa shape index (κ2) is 50.1. The zero-order valence-corrected chi connectivity index (χ0v) is 7.76. The van der Waals surface area contributed by atoms with Gasteiger partial charge in [0.2, 0.25) is 0 Å². The van der Waals surface area contributed by atoms with E-state index in [1.807, 2.05) is 0 Å². The van der Waals surface area contributed by atoms with Gasteiger partial charge in [-0.3, -0.25) is 0 Å². The molecule has 0 aliphatic carbocycles. The van der Waals surface area contributed by atoms with E-state index in [0.29, 0.717) is 0 Å². The Morgan fingerprint density at radius 2 is 0.857 bits per heavy atom. The van der Waals surface area contributed by atoms with Gasteiger partial charge < -0.3 is 0 Å². The van der Waals surface area contributed by atoms with Crippen molar-refractivity contribution in [1.29, 1.82) is 0 Å². The van der Waals surface area contributed by atoms with Gasteiger partial charge in [0, 0.05) is 19.5 Å². The predicted molar refractivity (Wildman–Crippen MR) is 40.4 cm³/mol. The molecule has 0 fully saturated rings. The van der Waals surface area contributed by atoms with E-state index in [2.05, 4.69) is 0 Å². The Balaban J connectivity index is -0.000000000500. The average molecular weight is 528 g/mol. The molecule has 0 unspecified atom stereocenters. The van der Waals surface area contributed by atoms with E-state index < -0.39 is 0 Å². The van der Waals surface area contributed by atoms with E-state index in [0.717, 1.165) is 0 Å². The van der Waals surface area contributed by atoms with Gasteiger partial charge >= 0.3 is 113 Å². The van der Waals surface area contributed by atoms with Crippen LogP contribution in [0.4, 0.5) is 0 Å². The van der Waals surface area contributed by atoms with Crippen molar-refractivity contribution in [2.45, 2.75) is 0 Å². The normalized spacial score (nSPS) is 0.857. The van der Waals surface area contributed by atoms with E-state index in [4.69, 9.17) is 3.57 Å². The van der Waals surface area contributed by atoms with Crippen molar-refractivity contribution in [2.24, 2.45) is 0 Å². The van der Waals surface area contributed by atoms with Crippen LogP contribution in [0.3, 0.4) is 0 Å². The molecule has 0 saturated carbocycles. The van der Waals surface area contributed by atoms with Crippen molar-refractivity contribution >= 4 is 91.3 Å². The third-order valence-electron chi connectivity index (χ3n) is 0. The molecule has 0 heterocycles. The molecule has 0 N–H and O–H groups in total. The Labute approximate surface area is 130 Å². The molecule has 7 heavy (non-hydrogen) atoms. The molecule has 7 heteroatoms. The van der Waals surface area contributed by atoms with Crippen LogP contribution < -0.4 is 0 Å². The van der Waals surface area contributed by atoms with E-state index in [9.17, 15) is 0 Å². The topological polar surface area (TPSA) is 17.1 Å². The summed E-state index contributed by atoms with van der Waals surface area (Å²) >= 11 is 0.125. The second-order valence-electron chi connectivity index (χ2n) is 0. The van der Waals surface area contributed by atoms with Crippen LogP contribution in [0.1, 0.15) is 0 Å². The summed E-state index contributed by atoms with van der Waals surface area (Å²) in [5.41, 5.74) is 0. The molecule has 1 nitrogen and oxygen atoms in total. The van der Waals surface area contributed by atoms with Gasteiger partial charge in [0.25, 0.3) is 0 Å². The molecule has 0 spiro atoms. The van der Waals surface area contributed by atoms with Crippen LogP contribution in [-0.4, -0.2) is 91.3 Å². The van der Waals surface area contributed by atoms with Crippen LogP contribution in [0.15, 0.2) is 0 Å². The Morgan fingerprint density at radius 3 is 0.857 bits per heavy atom. The van der Waals surface area contributed by atoms with Crippen molar-refractivity contribution in [3.8, 4) is 0 Å². The zero-order valence-electron chi connectivity index (χ0n) is 1.82. The minimum atomic E-state index is 0. The smallest absolute Gasteiger partial charge is 0 e. The molecule has 0 aromatic carbocycles. The molecule has 0 amide bonds. The summed E-state index contributed by atoms with van der Waals surface area (Å²) in [6.07, 6.45) is 0. The van der Waals surface area contributed by atoms with Crippen LogP contribution in [0.5, 0.6) is 0 Å². The summed E-state index contributed by atoms with van der Waals surface area (Å²) in [6, 6.07) is 0. The Hall–Kier alpha value is 4.06. The van der Waals surface area contributed by atoms with Crippen LogP contribution in [0.25, 0.3) is 0 Å². The minimum Gasteiger partial charge on any atom is 0 e. The molecule has 0 saturated heterocycles. The van der Waals surface area contributed by atoms with Crippen molar-refractivity contribution in [1.82, 2.24) is 0 Å². The van der Waals surface area contributed by atoms with E-state index >= 15 is 0 Å². The third kappa shape index (κ3) is 39.6. The molecule has 34 valence electrons. The Morgan fingerprint density at radius 1 is 0.857 bits per heavy atom. The second-order valence-corrected chi connectivity index (χ2v) is 0. The van der Waals surface area contributed by atoms with Gasteiger partial charge in [0.1, 0.15) is 0 Å². The van der Waals surface area contributed by atoms with Crippen molar-refractivity contribution in [2.75, 3.05) is 0 Å². The standard InChI is InChI=1S/2Ga.2In.O.2Zn.12H. The summed E-state index contributed by atoms with van der Waals surface area (Å²) in [6.45, 7) is 0. The number of hydrogen-bond donors (Lipinski definition) is 0. The first-order valence-electron chi connectivity index (χ1n) is 0.289. The molecule has 0 aliphatic heterocycles. The van der Waals surface area contributed by atoms with Gasteiger partial charge in [-0.15, -0.1) is 0 Å². The van der Waals surface area contributed by atoms with Crippen molar-refractivity contribution in [3.05, 3.63) is 0 Å². The van der Waals surface area contributed by atoms with Gasteiger partial charge in [0.05, 0.1) is 0 Å². The molecule has 0 aromatic heterocycles. The van der Waals surface area contributed by atoms with Gasteiger partial charge in [-0.1, -0.05) is 0 Å². The van der Waals surface area contributed by atoms with Crippen LogP contribution in [0.2, 0.25) is 0 Å². The summed E-state index contributed by atoms with van der Waals surface area (Å²) in [4.78, 5) is 0. The molecule has 0 rings (SSSR count). The molecule has 0 atom stereocenters. The number of rotatable bonds is 0. The van der Waals surface area contributed by atoms with Gasteiger partial charge in [-0.2, -0.15) is 0 Å². The van der Waals surface area contributed by atoms with Crippen molar-refractivity contribution < 1.29 is 41.3 Å². The molecule has 0 radical (unpaired) electrons. The summed E-state index contributed by atoms with van der Waals surface area (Å²) < 4.78 is 8.38. The van der Waals surface area contributed by atoms with Crippen LogP contribution >= 0.6 is 0 Å². The fourth-order valence-corrected chi connectivity index (χ4v) is 0. The molecular formula is H12Ga2In2OZn2. The van der Waals surface area contributed by atoms with E-state index in [1.54, 1.807) is 0 Å². The average Bonchev–Trinajstić information content (AvgIpc) is 1.00. The summed E-state index contributed by atoms with van der Waals surface area (Å²) in [5.74, 6) is 0. The zero-order chi connectivity index (χ0) is 2.00. The van der Waals surface area contributed by atoms with Crippen molar-refractivity contribution in [3.63, 3.8) is 0 Å². The predicted octanol–water partition coefficient (Wildman–Crippen LogP) is -4.86. The fourth-order valence-electron chi connectivity index (χ4n) is 0. The number of hydrogen-bond acceptors (Lipinski definition) is 1. The van der Waals surface area contributed by atoms with Gasteiger partial charge in [0.15, 0.2) is 0 Å². The van der Waals surface area contributed by atoms with Gasteiger partial charge in [-0.25, -0.2) is 0 Å². The quantitative estimate of drug-likeness (QED) is 0.289. The minimum absolute atomic E-state index is 0. The monoisotopic (exact) mass is 524 g/mol. The van der Waals surface area contributed by atoms with Crippen LogP contribution in [-0.2, 0) is 41.3 Å². The van der Waals surface area contributed by atoms with E-state index in [-0.39, 0.29) is 129 Å².